The van der Waals surface area contributed by atoms with Crippen molar-refractivity contribution in [1.82, 2.24) is 0 Å². The van der Waals surface area contributed by atoms with Gasteiger partial charge in [-0.3, -0.25) is 0 Å². The first-order valence-electron chi connectivity index (χ1n) is 7.10. The van der Waals surface area contributed by atoms with Crippen molar-refractivity contribution in [3.8, 4) is 0 Å². The summed E-state index contributed by atoms with van der Waals surface area (Å²) in [7, 11) is 0. The molecule has 1 aromatic heterocycles. The predicted octanol–water partition coefficient (Wildman–Crippen LogP) is 4.95. The molecule has 3 aromatic rings. The van der Waals surface area contributed by atoms with Crippen molar-refractivity contribution in [3.05, 3.63) is 68.5 Å². The molecule has 0 radical (unpaired) electrons. The molecular formula is C17H11BrF2N2O2S. The second kappa shape index (κ2) is 6.89. The molecule has 0 bridgehead atoms. The Kier molecular flexibility index (Phi) is 4.82. The Balaban J connectivity index is 1.84. The minimum Gasteiger partial charge on any atom is -0.423 e. The number of rotatable bonds is 2. The topological polar surface area (TPSA) is 54.3 Å². The van der Waals surface area contributed by atoms with E-state index >= 15 is 0 Å². The zero-order valence-corrected chi connectivity index (χ0v) is 15.2. The van der Waals surface area contributed by atoms with E-state index in [0.29, 0.717) is 11.3 Å². The number of hydrogen-bond acceptors (Lipinski definition) is 3. The molecule has 0 saturated carbocycles. The summed E-state index contributed by atoms with van der Waals surface area (Å²) in [6.07, 6.45) is 0. The summed E-state index contributed by atoms with van der Waals surface area (Å²) >= 11 is 8.23. The quantitative estimate of drug-likeness (QED) is 0.450. The van der Waals surface area contributed by atoms with Gasteiger partial charge >= 0.3 is 5.63 Å². The molecule has 0 aliphatic carbocycles. The molecule has 0 saturated heterocycles. The second-order valence-corrected chi connectivity index (χ2v) is 6.55. The molecule has 4 nitrogen and oxygen atoms in total. The molecule has 2 N–H and O–H groups in total. The van der Waals surface area contributed by atoms with Gasteiger partial charge in [0, 0.05) is 33.7 Å². The number of nitrogens with one attached hydrogen (secondary N) is 2. The van der Waals surface area contributed by atoms with E-state index in [4.69, 9.17) is 16.6 Å². The van der Waals surface area contributed by atoms with Crippen molar-refractivity contribution >= 4 is 55.6 Å². The summed E-state index contributed by atoms with van der Waals surface area (Å²) in [5.74, 6) is -1.48. The highest BCUT2D eigenvalue weighted by molar-refractivity contribution is 9.10. The van der Waals surface area contributed by atoms with E-state index in [1.807, 2.05) is 6.92 Å². The Bertz CT molecular complexity index is 1030. The van der Waals surface area contributed by atoms with Crippen LogP contribution in [0, 0.1) is 18.6 Å². The lowest BCUT2D eigenvalue weighted by molar-refractivity contribution is 0.560. The first kappa shape index (κ1) is 17.5. The third kappa shape index (κ3) is 3.85. The van der Waals surface area contributed by atoms with Gasteiger partial charge in [0.15, 0.2) is 10.9 Å². The SMILES string of the molecule is Cc1cc(=O)oc2cc(NC(=S)Nc3c(F)cc(F)cc3Br)ccc12. The Morgan fingerprint density at radius 2 is 1.92 bits per heavy atom. The van der Waals surface area contributed by atoms with Crippen molar-refractivity contribution in [2.75, 3.05) is 10.6 Å². The van der Waals surface area contributed by atoms with Gasteiger partial charge in [-0.15, -0.1) is 0 Å². The fourth-order valence-electron chi connectivity index (χ4n) is 2.34. The monoisotopic (exact) mass is 424 g/mol. The number of thiocarbonyl (C=S) groups is 1. The predicted molar refractivity (Wildman–Crippen MR) is 101 cm³/mol. The van der Waals surface area contributed by atoms with Gasteiger partial charge in [0.1, 0.15) is 11.4 Å². The van der Waals surface area contributed by atoms with Gasteiger partial charge < -0.3 is 15.1 Å². The van der Waals surface area contributed by atoms with Crippen LogP contribution in [-0.4, -0.2) is 5.11 Å². The lowest BCUT2D eigenvalue weighted by Gasteiger charge is -2.13. The van der Waals surface area contributed by atoms with Crippen LogP contribution in [0.2, 0.25) is 0 Å². The van der Waals surface area contributed by atoms with E-state index in [1.54, 1.807) is 18.2 Å². The Labute approximate surface area is 155 Å². The van der Waals surface area contributed by atoms with Crippen LogP contribution < -0.4 is 16.3 Å². The average Bonchev–Trinajstić information content (AvgIpc) is 2.50. The van der Waals surface area contributed by atoms with Crippen LogP contribution >= 0.6 is 28.1 Å². The van der Waals surface area contributed by atoms with Gasteiger partial charge in [0.05, 0.1) is 5.69 Å². The van der Waals surface area contributed by atoms with E-state index < -0.39 is 17.3 Å². The largest absolute Gasteiger partial charge is 0.423 e. The molecule has 128 valence electrons. The minimum absolute atomic E-state index is 0.0158. The lowest BCUT2D eigenvalue weighted by Crippen LogP contribution is -2.20. The van der Waals surface area contributed by atoms with E-state index in [0.717, 1.165) is 23.1 Å². The molecule has 0 fully saturated rings. The zero-order valence-electron chi connectivity index (χ0n) is 12.8. The maximum absolute atomic E-state index is 13.8. The van der Waals surface area contributed by atoms with Crippen LogP contribution in [0.5, 0.6) is 0 Å². The third-order valence-corrected chi connectivity index (χ3v) is 4.28. The number of fused-ring (bicyclic) bond motifs is 1. The van der Waals surface area contributed by atoms with Crippen LogP contribution in [0.4, 0.5) is 20.2 Å². The normalized spacial score (nSPS) is 10.7. The van der Waals surface area contributed by atoms with E-state index in [9.17, 15) is 13.6 Å². The molecule has 8 heteroatoms. The number of anilines is 2. The maximum atomic E-state index is 13.8. The fraction of sp³-hybridized carbons (Fsp3) is 0.0588. The van der Waals surface area contributed by atoms with E-state index in [1.165, 1.54) is 6.07 Å². The zero-order chi connectivity index (χ0) is 18.1. The van der Waals surface area contributed by atoms with Gasteiger partial charge in [-0.1, -0.05) is 0 Å². The molecule has 0 amide bonds. The van der Waals surface area contributed by atoms with E-state index in [2.05, 4.69) is 26.6 Å². The highest BCUT2D eigenvalue weighted by Gasteiger charge is 2.11. The minimum atomic E-state index is -0.781. The number of benzene rings is 2. The van der Waals surface area contributed by atoms with Gasteiger partial charge in [-0.05, 0) is 58.8 Å². The van der Waals surface area contributed by atoms with Crippen LogP contribution in [-0.2, 0) is 0 Å². The van der Waals surface area contributed by atoms with Crippen LogP contribution in [0.15, 0.2) is 50.1 Å². The molecule has 0 aliphatic rings. The molecule has 3 rings (SSSR count). The van der Waals surface area contributed by atoms with Crippen LogP contribution in [0.1, 0.15) is 5.56 Å². The first-order chi connectivity index (χ1) is 11.8. The van der Waals surface area contributed by atoms with Gasteiger partial charge in [0.25, 0.3) is 0 Å². The molecule has 0 aliphatic heterocycles. The second-order valence-electron chi connectivity index (χ2n) is 5.28. The molecule has 0 spiro atoms. The fourth-order valence-corrected chi connectivity index (χ4v) is 3.07. The summed E-state index contributed by atoms with van der Waals surface area (Å²) in [6, 6.07) is 8.45. The number of halogens is 3. The average molecular weight is 425 g/mol. The maximum Gasteiger partial charge on any atom is 0.336 e. The van der Waals surface area contributed by atoms with Gasteiger partial charge in [0.2, 0.25) is 0 Å². The van der Waals surface area contributed by atoms with Crippen molar-refractivity contribution in [2.45, 2.75) is 6.92 Å². The van der Waals surface area contributed by atoms with Crippen molar-refractivity contribution < 1.29 is 13.2 Å². The first-order valence-corrected chi connectivity index (χ1v) is 8.30. The van der Waals surface area contributed by atoms with Crippen LogP contribution in [0.3, 0.4) is 0 Å². The summed E-state index contributed by atoms with van der Waals surface area (Å²) in [5, 5.41) is 6.43. The molecule has 25 heavy (non-hydrogen) atoms. The highest BCUT2D eigenvalue weighted by Crippen LogP contribution is 2.27. The highest BCUT2D eigenvalue weighted by atomic mass is 79.9. The summed E-state index contributed by atoms with van der Waals surface area (Å²) in [5.41, 5.74) is 1.34. The van der Waals surface area contributed by atoms with Crippen LogP contribution in [0.25, 0.3) is 11.0 Å². The van der Waals surface area contributed by atoms with Crippen molar-refractivity contribution in [1.29, 1.82) is 0 Å². The molecule has 1 heterocycles. The van der Waals surface area contributed by atoms with Gasteiger partial charge in [-0.25, -0.2) is 13.6 Å². The molecule has 0 atom stereocenters. The Morgan fingerprint density at radius 3 is 2.64 bits per heavy atom. The molecular weight excluding hydrogens is 414 g/mol. The smallest absolute Gasteiger partial charge is 0.336 e. The molecule has 0 unspecified atom stereocenters. The molecule has 2 aromatic carbocycles. The standard InChI is InChI=1S/C17H11BrF2N2O2S/c1-8-4-15(23)24-14-7-10(2-3-11(8)14)21-17(25)22-16-12(18)5-9(19)6-13(16)20/h2-7H,1H3,(H2,21,22,25). The van der Waals surface area contributed by atoms with Crippen molar-refractivity contribution in [3.63, 3.8) is 0 Å². The summed E-state index contributed by atoms with van der Waals surface area (Å²) in [6.45, 7) is 1.81. The Hall–Kier alpha value is -2.32. The Morgan fingerprint density at radius 1 is 1.16 bits per heavy atom. The van der Waals surface area contributed by atoms with Crippen molar-refractivity contribution in [2.24, 2.45) is 0 Å². The summed E-state index contributed by atoms with van der Waals surface area (Å²) in [4.78, 5) is 11.5. The van der Waals surface area contributed by atoms with Gasteiger partial charge in [-0.2, -0.15) is 0 Å². The number of aryl methyl sites for hydroxylation is 1. The summed E-state index contributed by atoms with van der Waals surface area (Å²) < 4.78 is 32.3. The van der Waals surface area contributed by atoms with E-state index in [-0.39, 0.29) is 15.3 Å². The lowest BCUT2D eigenvalue weighted by atomic mass is 10.1. The number of hydrogen-bond donors (Lipinski definition) is 2. The third-order valence-electron chi connectivity index (χ3n) is 3.45.